The molecule has 0 spiro atoms. The van der Waals surface area contributed by atoms with E-state index in [4.69, 9.17) is 5.73 Å². The first-order chi connectivity index (χ1) is 5.24. The van der Waals surface area contributed by atoms with Gasteiger partial charge >= 0.3 is 0 Å². The molecule has 3 heteroatoms. The Bertz CT molecular complexity index is 147. The molecule has 1 fully saturated rings. The molecule has 1 atom stereocenters. The summed E-state index contributed by atoms with van der Waals surface area (Å²) in [7, 11) is 0. The first-order valence-corrected chi connectivity index (χ1v) is 4.27. The van der Waals surface area contributed by atoms with Crippen LogP contribution in [0.2, 0.25) is 0 Å². The van der Waals surface area contributed by atoms with E-state index in [9.17, 15) is 4.79 Å². The molecule has 3 nitrogen and oxygen atoms in total. The number of carbonyl (C=O) groups is 1. The van der Waals surface area contributed by atoms with E-state index >= 15 is 0 Å². The van der Waals surface area contributed by atoms with E-state index in [2.05, 4.69) is 6.92 Å². The largest absolute Gasteiger partial charge is 0.341 e. The van der Waals surface area contributed by atoms with Gasteiger partial charge in [0.05, 0.1) is 0 Å². The minimum absolute atomic E-state index is 0.208. The van der Waals surface area contributed by atoms with Crippen molar-refractivity contribution < 1.29 is 4.79 Å². The summed E-state index contributed by atoms with van der Waals surface area (Å²) in [6, 6.07) is 0.208. The molecule has 1 aliphatic heterocycles. The summed E-state index contributed by atoms with van der Waals surface area (Å²) >= 11 is 0. The zero-order valence-corrected chi connectivity index (χ0v) is 7.05. The molecular formula is C8H16N2O. The van der Waals surface area contributed by atoms with Crippen LogP contribution in [0.15, 0.2) is 0 Å². The first-order valence-electron chi connectivity index (χ1n) is 4.27. The summed E-state index contributed by atoms with van der Waals surface area (Å²) in [6.45, 7) is 3.70. The van der Waals surface area contributed by atoms with Gasteiger partial charge in [-0.15, -0.1) is 0 Å². The lowest BCUT2D eigenvalue weighted by Gasteiger charge is -2.30. The summed E-state index contributed by atoms with van der Waals surface area (Å²) in [6.07, 6.45) is 2.53. The average molecular weight is 156 g/mol. The van der Waals surface area contributed by atoms with Crippen LogP contribution in [0.4, 0.5) is 0 Å². The zero-order chi connectivity index (χ0) is 8.27. The smallest absolute Gasteiger partial charge is 0.222 e. The standard InChI is InChI=1S/C8H16N2O/c1-2-5-10-6-7(9)3-4-8(10)11/h7H,2-6,9H2,1H3. The predicted octanol–water partition coefficient (Wildman–Crippen LogP) is 0.346. The quantitative estimate of drug-likeness (QED) is 0.627. The van der Waals surface area contributed by atoms with E-state index in [0.29, 0.717) is 6.42 Å². The summed E-state index contributed by atoms with van der Waals surface area (Å²) in [5.74, 6) is 0.272. The highest BCUT2D eigenvalue weighted by molar-refractivity contribution is 5.77. The Morgan fingerprint density at radius 1 is 1.73 bits per heavy atom. The number of rotatable bonds is 2. The fourth-order valence-electron chi connectivity index (χ4n) is 1.43. The Labute approximate surface area is 67.5 Å². The summed E-state index contributed by atoms with van der Waals surface area (Å²) in [5.41, 5.74) is 5.72. The van der Waals surface area contributed by atoms with Crippen LogP contribution in [0.3, 0.4) is 0 Å². The SMILES string of the molecule is CCCN1CC(N)CCC1=O. The van der Waals surface area contributed by atoms with Crippen LogP contribution < -0.4 is 5.73 Å². The molecule has 0 aromatic heterocycles. The second-order valence-corrected chi connectivity index (χ2v) is 3.14. The number of amides is 1. The van der Waals surface area contributed by atoms with Crippen LogP contribution in [-0.4, -0.2) is 29.9 Å². The first kappa shape index (κ1) is 8.53. The van der Waals surface area contributed by atoms with Crippen molar-refractivity contribution in [1.29, 1.82) is 0 Å². The van der Waals surface area contributed by atoms with Crippen LogP contribution in [0, 0.1) is 0 Å². The van der Waals surface area contributed by atoms with Crippen molar-refractivity contribution in [1.82, 2.24) is 4.90 Å². The van der Waals surface area contributed by atoms with Gasteiger partial charge in [0.1, 0.15) is 0 Å². The fraction of sp³-hybridized carbons (Fsp3) is 0.875. The van der Waals surface area contributed by atoms with E-state index < -0.39 is 0 Å². The van der Waals surface area contributed by atoms with Crippen molar-refractivity contribution in [2.45, 2.75) is 32.2 Å². The maximum absolute atomic E-state index is 11.2. The molecule has 0 aliphatic carbocycles. The predicted molar refractivity (Wildman–Crippen MR) is 44.1 cm³/mol. The number of nitrogens with two attached hydrogens (primary N) is 1. The van der Waals surface area contributed by atoms with E-state index in [0.717, 1.165) is 25.9 Å². The van der Waals surface area contributed by atoms with Crippen molar-refractivity contribution in [2.75, 3.05) is 13.1 Å². The van der Waals surface area contributed by atoms with E-state index in [1.54, 1.807) is 0 Å². The third-order valence-electron chi connectivity index (χ3n) is 2.03. The highest BCUT2D eigenvalue weighted by Crippen LogP contribution is 2.09. The Balaban J connectivity index is 2.40. The third kappa shape index (κ3) is 2.19. The van der Waals surface area contributed by atoms with Crippen molar-refractivity contribution in [3.05, 3.63) is 0 Å². The minimum Gasteiger partial charge on any atom is -0.341 e. The van der Waals surface area contributed by atoms with Crippen LogP contribution in [0.25, 0.3) is 0 Å². The molecule has 1 heterocycles. The van der Waals surface area contributed by atoms with E-state index in [1.807, 2.05) is 4.90 Å². The maximum Gasteiger partial charge on any atom is 0.222 e. The van der Waals surface area contributed by atoms with Gasteiger partial charge in [-0.2, -0.15) is 0 Å². The third-order valence-corrected chi connectivity index (χ3v) is 2.03. The van der Waals surface area contributed by atoms with Gasteiger partial charge in [-0.25, -0.2) is 0 Å². The van der Waals surface area contributed by atoms with Crippen LogP contribution in [0.5, 0.6) is 0 Å². The monoisotopic (exact) mass is 156 g/mol. The summed E-state index contributed by atoms with van der Waals surface area (Å²) < 4.78 is 0. The Kier molecular flexibility index (Phi) is 2.88. The van der Waals surface area contributed by atoms with Crippen molar-refractivity contribution in [3.8, 4) is 0 Å². The molecule has 2 N–H and O–H groups in total. The van der Waals surface area contributed by atoms with Crippen molar-refractivity contribution >= 4 is 5.91 Å². The molecular weight excluding hydrogens is 140 g/mol. The number of likely N-dealkylation sites (tertiary alicyclic amines) is 1. The van der Waals surface area contributed by atoms with E-state index in [1.165, 1.54) is 0 Å². The zero-order valence-electron chi connectivity index (χ0n) is 7.05. The van der Waals surface area contributed by atoms with Crippen LogP contribution in [-0.2, 0) is 4.79 Å². The lowest BCUT2D eigenvalue weighted by atomic mass is 10.1. The second-order valence-electron chi connectivity index (χ2n) is 3.14. The molecule has 0 aromatic rings. The van der Waals surface area contributed by atoms with Crippen LogP contribution >= 0.6 is 0 Å². The molecule has 1 aliphatic rings. The Morgan fingerprint density at radius 2 is 2.45 bits per heavy atom. The summed E-state index contributed by atoms with van der Waals surface area (Å²) in [5, 5.41) is 0. The second kappa shape index (κ2) is 3.72. The molecule has 64 valence electrons. The van der Waals surface area contributed by atoms with Gasteiger partial charge in [-0.3, -0.25) is 4.79 Å². The highest BCUT2D eigenvalue weighted by Gasteiger charge is 2.21. The van der Waals surface area contributed by atoms with Gasteiger partial charge in [-0.1, -0.05) is 6.92 Å². The normalized spacial score (nSPS) is 25.8. The average Bonchev–Trinajstić information content (AvgIpc) is 1.98. The Hall–Kier alpha value is -0.570. The van der Waals surface area contributed by atoms with E-state index in [-0.39, 0.29) is 11.9 Å². The molecule has 0 saturated carbocycles. The minimum atomic E-state index is 0.208. The fourth-order valence-corrected chi connectivity index (χ4v) is 1.43. The molecule has 0 bridgehead atoms. The van der Waals surface area contributed by atoms with Gasteiger partial charge in [0.25, 0.3) is 0 Å². The van der Waals surface area contributed by atoms with Crippen molar-refractivity contribution in [2.24, 2.45) is 5.73 Å². The number of nitrogens with zero attached hydrogens (tertiary/aromatic N) is 1. The lowest BCUT2D eigenvalue weighted by molar-refractivity contribution is -0.133. The number of carbonyl (C=O) groups excluding carboxylic acids is 1. The van der Waals surface area contributed by atoms with Gasteiger partial charge in [0, 0.05) is 25.6 Å². The number of hydrogen-bond donors (Lipinski definition) is 1. The molecule has 0 radical (unpaired) electrons. The van der Waals surface area contributed by atoms with Gasteiger partial charge in [0.15, 0.2) is 0 Å². The molecule has 1 rings (SSSR count). The summed E-state index contributed by atoms with van der Waals surface area (Å²) in [4.78, 5) is 13.1. The molecule has 11 heavy (non-hydrogen) atoms. The topological polar surface area (TPSA) is 46.3 Å². The van der Waals surface area contributed by atoms with Crippen molar-refractivity contribution in [3.63, 3.8) is 0 Å². The highest BCUT2D eigenvalue weighted by atomic mass is 16.2. The Morgan fingerprint density at radius 3 is 3.09 bits per heavy atom. The van der Waals surface area contributed by atoms with Gasteiger partial charge < -0.3 is 10.6 Å². The molecule has 1 unspecified atom stereocenters. The van der Waals surface area contributed by atoms with Gasteiger partial charge in [-0.05, 0) is 12.8 Å². The number of piperidine rings is 1. The van der Waals surface area contributed by atoms with Crippen LogP contribution in [0.1, 0.15) is 26.2 Å². The lowest BCUT2D eigenvalue weighted by Crippen LogP contribution is -2.46. The van der Waals surface area contributed by atoms with Gasteiger partial charge in [0.2, 0.25) is 5.91 Å². The number of hydrogen-bond acceptors (Lipinski definition) is 2. The maximum atomic E-state index is 11.2. The molecule has 1 amide bonds. The molecule has 1 saturated heterocycles. The molecule has 0 aromatic carbocycles.